The summed E-state index contributed by atoms with van der Waals surface area (Å²) in [5.74, 6) is 1.58. The highest BCUT2D eigenvalue weighted by Gasteiger charge is 2.28. The van der Waals surface area contributed by atoms with Gasteiger partial charge in [0.1, 0.15) is 5.01 Å². The molecule has 0 radical (unpaired) electrons. The average Bonchev–Trinajstić information content (AvgIpc) is 3.43. The molecule has 1 fully saturated rings. The van der Waals surface area contributed by atoms with Crippen LogP contribution in [0.4, 0.5) is 0 Å². The minimum Gasteiger partial charge on any atom is -0.454 e. The fraction of sp³-hybridized carbons (Fsp3) is 0.304. The Morgan fingerprint density at radius 3 is 2.90 bits per heavy atom. The van der Waals surface area contributed by atoms with Crippen molar-refractivity contribution in [2.75, 3.05) is 19.9 Å². The summed E-state index contributed by atoms with van der Waals surface area (Å²) >= 11 is 1.69. The summed E-state index contributed by atoms with van der Waals surface area (Å²) in [6.45, 7) is 2.80. The van der Waals surface area contributed by atoms with E-state index in [0.717, 1.165) is 48.7 Å². The Balaban J connectivity index is 1.25. The maximum Gasteiger partial charge on any atom is 0.231 e. The highest BCUT2D eigenvalue weighted by Crippen LogP contribution is 2.34. The number of carbonyl (C=O) groups excluding carboxylic acids is 1. The predicted molar refractivity (Wildman–Crippen MR) is 112 cm³/mol. The fourth-order valence-electron chi connectivity index (χ4n) is 4.01. The molecule has 0 saturated carbocycles. The van der Waals surface area contributed by atoms with Gasteiger partial charge in [-0.2, -0.15) is 0 Å². The third kappa shape index (κ3) is 3.91. The zero-order chi connectivity index (χ0) is 19.6. The molecule has 5 rings (SSSR count). The molecule has 3 aromatic rings. The first-order valence-corrected chi connectivity index (χ1v) is 10.8. The van der Waals surface area contributed by atoms with E-state index in [4.69, 9.17) is 14.5 Å². The minimum atomic E-state index is 0.0117. The lowest BCUT2D eigenvalue weighted by Crippen LogP contribution is -2.38. The highest BCUT2D eigenvalue weighted by molar-refractivity contribution is 7.09. The summed E-state index contributed by atoms with van der Waals surface area (Å²) in [4.78, 5) is 20.2. The largest absolute Gasteiger partial charge is 0.454 e. The van der Waals surface area contributed by atoms with Gasteiger partial charge in [0.2, 0.25) is 6.79 Å². The van der Waals surface area contributed by atoms with Crippen molar-refractivity contribution >= 4 is 17.1 Å². The molecule has 29 heavy (non-hydrogen) atoms. The zero-order valence-electron chi connectivity index (χ0n) is 16.0. The number of nitrogens with zero attached hydrogens (tertiary/aromatic N) is 2. The van der Waals surface area contributed by atoms with E-state index < -0.39 is 0 Å². The van der Waals surface area contributed by atoms with Crippen molar-refractivity contribution in [1.29, 1.82) is 0 Å². The molecule has 0 spiro atoms. The Bertz CT molecular complexity index is 1020. The number of hydrogen-bond donors (Lipinski definition) is 0. The van der Waals surface area contributed by atoms with Crippen LogP contribution in [0.15, 0.2) is 53.9 Å². The van der Waals surface area contributed by atoms with Crippen LogP contribution in [0.3, 0.4) is 0 Å². The van der Waals surface area contributed by atoms with Crippen molar-refractivity contribution in [3.05, 3.63) is 64.5 Å². The summed E-state index contributed by atoms with van der Waals surface area (Å²) in [6.07, 6.45) is 1.95. The third-order valence-electron chi connectivity index (χ3n) is 5.51. The first-order valence-electron chi connectivity index (χ1n) is 9.92. The van der Waals surface area contributed by atoms with Gasteiger partial charge < -0.3 is 9.47 Å². The van der Waals surface area contributed by atoms with E-state index in [1.54, 1.807) is 11.3 Å². The molecule has 0 bridgehead atoms. The van der Waals surface area contributed by atoms with E-state index in [1.807, 2.05) is 36.4 Å². The fourth-order valence-corrected chi connectivity index (χ4v) is 4.86. The Morgan fingerprint density at radius 1 is 1.14 bits per heavy atom. The van der Waals surface area contributed by atoms with Crippen LogP contribution < -0.4 is 9.47 Å². The number of Topliss-reactive ketones (excluding diaryl/α,β-unsaturated/α-hetero) is 1. The maximum absolute atomic E-state index is 13.1. The molecular formula is C23H22N2O3S. The van der Waals surface area contributed by atoms with Gasteiger partial charge in [0, 0.05) is 29.0 Å². The van der Waals surface area contributed by atoms with E-state index >= 15 is 0 Å². The normalized spacial score (nSPS) is 18.7. The second kappa shape index (κ2) is 7.97. The monoisotopic (exact) mass is 406 g/mol. The number of hydrogen-bond acceptors (Lipinski definition) is 6. The Hall–Kier alpha value is -2.70. The summed E-state index contributed by atoms with van der Waals surface area (Å²) in [7, 11) is 0. The van der Waals surface area contributed by atoms with Gasteiger partial charge >= 0.3 is 0 Å². The number of piperidine rings is 1. The van der Waals surface area contributed by atoms with Crippen molar-refractivity contribution in [3.8, 4) is 22.8 Å². The van der Waals surface area contributed by atoms with Gasteiger partial charge in [-0.3, -0.25) is 9.69 Å². The summed E-state index contributed by atoms with van der Waals surface area (Å²) in [5, 5.41) is 3.21. The standard InChI is InChI=1S/C23H22N2O3S/c26-23(17-8-9-20-21(11-17)28-15-27-20)18-7-4-10-25(12-18)13-22-24-19(14-29-22)16-5-2-1-3-6-16/h1-3,5-6,8-9,11,14,18H,4,7,10,12-13,15H2. The van der Waals surface area contributed by atoms with E-state index in [1.165, 1.54) is 0 Å². The van der Waals surface area contributed by atoms with Gasteiger partial charge in [-0.1, -0.05) is 30.3 Å². The SMILES string of the molecule is O=C(c1ccc2c(c1)OCO2)C1CCCN(Cc2nc(-c3ccccc3)cs2)C1. The number of ether oxygens (including phenoxy) is 2. The number of benzene rings is 2. The predicted octanol–water partition coefficient (Wildman–Crippen LogP) is 4.63. The van der Waals surface area contributed by atoms with Crippen LogP contribution in [0.5, 0.6) is 11.5 Å². The minimum absolute atomic E-state index is 0.0117. The first kappa shape index (κ1) is 18.3. The number of likely N-dealkylation sites (tertiary alicyclic amines) is 1. The number of rotatable bonds is 5. The molecule has 6 heteroatoms. The number of aromatic nitrogens is 1. The second-order valence-corrected chi connectivity index (χ2v) is 8.44. The molecule has 2 aromatic carbocycles. The summed E-state index contributed by atoms with van der Waals surface area (Å²) in [6, 6.07) is 15.7. The molecule has 5 nitrogen and oxygen atoms in total. The molecule has 1 saturated heterocycles. The average molecular weight is 407 g/mol. The first-order chi connectivity index (χ1) is 14.3. The van der Waals surface area contributed by atoms with Crippen LogP contribution >= 0.6 is 11.3 Å². The van der Waals surface area contributed by atoms with Crippen LogP contribution in [0.25, 0.3) is 11.3 Å². The van der Waals surface area contributed by atoms with E-state index in [2.05, 4.69) is 22.4 Å². The molecule has 0 amide bonds. The second-order valence-electron chi connectivity index (χ2n) is 7.50. The lowest BCUT2D eigenvalue weighted by Gasteiger charge is -2.31. The van der Waals surface area contributed by atoms with Gasteiger partial charge in [-0.05, 0) is 37.6 Å². The van der Waals surface area contributed by atoms with Crippen LogP contribution in [0.2, 0.25) is 0 Å². The zero-order valence-corrected chi connectivity index (χ0v) is 16.9. The van der Waals surface area contributed by atoms with Gasteiger partial charge in [-0.15, -0.1) is 11.3 Å². The topological polar surface area (TPSA) is 51.7 Å². The summed E-state index contributed by atoms with van der Waals surface area (Å²) in [5.41, 5.74) is 2.88. The van der Waals surface area contributed by atoms with E-state index in [0.29, 0.717) is 17.1 Å². The Labute approximate surface area is 173 Å². The van der Waals surface area contributed by atoms with Crippen molar-refractivity contribution in [2.24, 2.45) is 5.92 Å². The molecule has 0 N–H and O–H groups in total. The smallest absolute Gasteiger partial charge is 0.231 e. The number of fused-ring (bicyclic) bond motifs is 1. The van der Waals surface area contributed by atoms with Crippen molar-refractivity contribution in [2.45, 2.75) is 19.4 Å². The molecule has 2 aliphatic rings. The molecule has 1 unspecified atom stereocenters. The van der Waals surface area contributed by atoms with Gasteiger partial charge in [-0.25, -0.2) is 4.98 Å². The van der Waals surface area contributed by atoms with Crippen molar-refractivity contribution in [1.82, 2.24) is 9.88 Å². The van der Waals surface area contributed by atoms with Gasteiger partial charge in [0.25, 0.3) is 0 Å². The third-order valence-corrected chi connectivity index (χ3v) is 6.35. The lowest BCUT2D eigenvalue weighted by molar-refractivity contribution is 0.0811. The van der Waals surface area contributed by atoms with Gasteiger partial charge in [0.05, 0.1) is 12.2 Å². The van der Waals surface area contributed by atoms with Crippen LogP contribution in [0.1, 0.15) is 28.2 Å². The summed E-state index contributed by atoms with van der Waals surface area (Å²) < 4.78 is 10.8. The molecule has 1 aromatic heterocycles. The number of carbonyl (C=O) groups is 1. The van der Waals surface area contributed by atoms with Crippen LogP contribution in [-0.4, -0.2) is 35.5 Å². The Morgan fingerprint density at radius 2 is 2.00 bits per heavy atom. The number of ketones is 1. The van der Waals surface area contributed by atoms with E-state index in [9.17, 15) is 4.79 Å². The van der Waals surface area contributed by atoms with Crippen molar-refractivity contribution in [3.63, 3.8) is 0 Å². The highest BCUT2D eigenvalue weighted by atomic mass is 32.1. The van der Waals surface area contributed by atoms with Gasteiger partial charge in [0.15, 0.2) is 17.3 Å². The lowest BCUT2D eigenvalue weighted by atomic mass is 9.90. The van der Waals surface area contributed by atoms with Crippen molar-refractivity contribution < 1.29 is 14.3 Å². The molecule has 1 atom stereocenters. The molecule has 2 aliphatic heterocycles. The molecule has 148 valence electrons. The van der Waals surface area contributed by atoms with Crippen LogP contribution in [-0.2, 0) is 6.54 Å². The van der Waals surface area contributed by atoms with Crippen LogP contribution in [0, 0.1) is 5.92 Å². The molecule has 3 heterocycles. The molecule has 0 aliphatic carbocycles. The Kier molecular flexibility index (Phi) is 5.04. The maximum atomic E-state index is 13.1. The van der Waals surface area contributed by atoms with E-state index in [-0.39, 0.29) is 18.5 Å². The quantitative estimate of drug-likeness (QED) is 0.578. The number of thiazole rings is 1. The molecular weight excluding hydrogens is 384 g/mol.